The maximum atomic E-state index is 5.61. The molecule has 0 aromatic heterocycles. The third-order valence-corrected chi connectivity index (χ3v) is 2.58. The summed E-state index contributed by atoms with van der Waals surface area (Å²) in [6.45, 7) is 0. The van der Waals surface area contributed by atoms with E-state index in [1.165, 1.54) is 6.07 Å². The molecule has 0 nitrogen and oxygen atoms in total. The van der Waals surface area contributed by atoms with Crippen LogP contribution in [0.4, 0.5) is 0 Å². The Bertz CT molecular complexity index is 235. The van der Waals surface area contributed by atoms with Gasteiger partial charge in [-0.05, 0) is 10.0 Å². The molecule has 0 atom stereocenters. The zero-order chi connectivity index (χ0) is 9.72. The van der Waals surface area contributed by atoms with Crippen molar-refractivity contribution < 1.29 is 17.3 Å². The fourth-order valence-corrected chi connectivity index (χ4v) is 1.15. The minimum absolute atomic E-state index is 0.246. The third kappa shape index (κ3) is 3.58. The van der Waals surface area contributed by atoms with Gasteiger partial charge in [-0.3, -0.25) is 0 Å². The van der Waals surface area contributed by atoms with E-state index in [2.05, 4.69) is 6.07 Å². The van der Waals surface area contributed by atoms with Crippen LogP contribution in [0, 0.1) is 6.07 Å². The summed E-state index contributed by atoms with van der Waals surface area (Å²) in [6.07, 6.45) is 0. The standard InChI is InChI=1S/C6HCl4.ClH.Zn/c7-3-1-2-4(8)6(10)5(3)9;;/h1H;1H;/q-1;;+2/p-1. The van der Waals surface area contributed by atoms with Gasteiger partial charge in [-0.15, -0.1) is 23.2 Å². The van der Waals surface area contributed by atoms with Gasteiger partial charge < -0.3 is 0 Å². The van der Waals surface area contributed by atoms with Crippen molar-refractivity contribution in [2.45, 2.75) is 0 Å². The van der Waals surface area contributed by atoms with Crippen LogP contribution >= 0.6 is 56.1 Å². The Hall–Kier alpha value is 1.29. The molecule has 0 fully saturated rings. The zero-order valence-corrected chi connectivity index (χ0v) is 12.4. The predicted molar refractivity (Wildman–Crippen MR) is 51.2 cm³/mol. The maximum absolute atomic E-state index is 5.61. The van der Waals surface area contributed by atoms with E-state index >= 15 is 0 Å². The number of benzene rings is 1. The molecule has 12 heavy (non-hydrogen) atoms. The fourth-order valence-electron chi connectivity index (χ4n) is 0.455. The summed E-state index contributed by atoms with van der Waals surface area (Å²) in [5.74, 6) is 0. The second-order valence-corrected chi connectivity index (χ2v) is 3.12. The van der Waals surface area contributed by atoms with E-state index in [0.717, 1.165) is 17.3 Å². The SMILES string of the molecule is Clc1[c-]cc(Cl)c(Cl)c1Cl.[Cl][Zn+]. The van der Waals surface area contributed by atoms with Crippen LogP contribution in [0.1, 0.15) is 0 Å². The van der Waals surface area contributed by atoms with Crippen LogP contribution in [0.2, 0.25) is 20.1 Å². The van der Waals surface area contributed by atoms with Crippen molar-refractivity contribution in [1.82, 2.24) is 0 Å². The molecule has 0 aliphatic rings. The van der Waals surface area contributed by atoms with Gasteiger partial charge in [-0.2, -0.15) is 35.3 Å². The number of halogens is 5. The molecule has 0 bridgehead atoms. The molecular weight excluding hydrogens is 315 g/mol. The molecular formula is C6HCl5Zn. The van der Waals surface area contributed by atoms with Crippen LogP contribution in [0.3, 0.4) is 0 Å². The first kappa shape index (κ1) is 13.3. The molecule has 0 aliphatic heterocycles. The Labute approximate surface area is 105 Å². The molecule has 0 amide bonds. The van der Waals surface area contributed by atoms with Gasteiger partial charge in [0.1, 0.15) is 0 Å². The van der Waals surface area contributed by atoms with E-state index in [0.29, 0.717) is 5.02 Å². The summed E-state index contributed by atoms with van der Waals surface area (Å²) in [7, 11) is 4.76. The summed E-state index contributed by atoms with van der Waals surface area (Å²) >= 11 is 23.2. The molecule has 62 valence electrons. The molecule has 0 saturated heterocycles. The number of hydrogen-bond donors (Lipinski definition) is 0. The Morgan fingerprint density at radius 1 is 1.00 bits per heavy atom. The summed E-state index contributed by atoms with van der Waals surface area (Å²) in [5, 5.41) is 1.16. The van der Waals surface area contributed by atoms with Crippen molar-refractivity contribution in [1.29, 1.82) is 0 Å². The van der Waals surface area contributed by atoms with Crippen molar-refractivity contribution in [3.8, 4) is 0 Å². The molecule has 0 heterocycles. The summed E-state index contributed by atoms with van der Waals surface area (Å²) < 4.78 is 0. The van der Waals surface area contributed by atoms with Crippen LogP contribution in [-0.4, -0.2) is 0 Å². The summed E-state index contributed by atoms with van der Waals surface area (Å²) in [6, 6.07) is 4.10. The zero-order valence-electron chi connectivity index (χ0n) is 5.67. The molecule has 1 aromatic rings. The van der Waals surface area contributed by atoms with Gasteiger partial charge in [-0.25, -0.2) is 0 Å². The topological polar surface area (TPSA) is 0 Å². The molecule has 6 heteroatoms. The van der Waals surface area contributed by atoms with Gasteiger partial charge in [0.05, 0.1) is 0 Å². The predicted octanol–water partition coefficient (Wildman–Crippen LogP) is 4.79. The average Bonchev–Trinajstić information content (AvgIpc) is 2.12. The van der Waals surface area contributed by atoms with E-state index in [1.807, 2.05) is 0 Å². The van der Waals surface area contributed by atoms with Crippen LogP contribution in [0.5, 0.6) is 0 Å². The van der Waals surface area contributed by atoms with Gasteiger partial charge in [0.2, 0.25) is 0 Å². The van der Waals surface area contributed by atoms with Crippen molar-refractivity contribution in [3.63, 3.8) is 0 Å². The molecule has 0 spiro atoms. The molecule has 1 rings (SSSR count). The monoisotopic (exact) mass is 312 g/mol. The Morgan fingerprint density at radius 3 is 1.92 bits per heavy atom. The van der Waals surface area contributed by atoms with Crippen LogP contribution < -0.4 is 0 Å². The van der Waals surface area contributed by atoms with E-state index in [-0.39, 0.29) is 15.1 Å². The molecule has 1 aromatic carbocycles. The fraction of sp³-hybridized carbons (Fsp3) is 0. The normalized spacial score (nSPS) is 8.92. The molecule has 0 aliphatic carbocycles. The number of rotatable bonds is 0. The average molecular weight is 316 g/mol. The first-order valence-corrected chi connectivity index (χ1v) is 8.01. The van der Waals surface area contributed by atoms with Gasteiger partial charge in [0, 0.05) is 0 Å². The Balaban J connectivity index is 0.000000561. The summed E-state index contributed by atoms with van der Waals surface area (Å²) in [4.78, 5) is 0. The van der Waals surface area contributed by atoms with E-state index in [1.54, 1.807) is 0 Å². The first-order chi connectivity index (χ1) is 5.63. The van der Waals surface area contributed by atoms with Crippen LogP contribution in [0.25, 0.3) is 0 Å². The minimum atomic E-state index is 0.246. The van der Waals surface area contributed by atoms with Gasteiger partial charge in [0.25, 0.3) is 0 Å². The Kier molecular flexibility index (Phi) is 7.43. The van der Waals surface area contributed by atoms with E-state index in [4.69, 9.17) is 56.1 Å². The van der Waals surface area contributed by atoms with Crippen molar-refractivity contribution >= 4 is 56.1 Å². The van der Waals surface area contributed by atoms with E-state index < -0.39 is 0 Å². The van der Waals surface area contributed by atoms with Crippen LogP contribution in [-0.2, 0) is 17.3 Å². The molecule has 0 N–H and O–H groups in total. The number of hydrogen-bond acceptors (Lipinski definition) is 0. The van der Waals surface area contributed by atoms with Crippen molar-refractivity contribution in [2.24, 2.45) is 0 Å². The quantitative estimate of drug-likeness (QED) is 0.279. The van der Waals surface area contributed by atoms with Crippen LogP contribution in [0.15, 0.2) is 6.07 Å². The van der Waals surface area contributed by atoms with E-state index in [9.17, 15) is 0 Å². The second-order valence-electron chi connectivity index (χ2n) is 1.58. The Morgan fingerprint density at radius 2 is 1.50 bits per heavy atom. The van der Waals surface area contributed by atoms with Crippen molar-refractivity contribution in [3.05, 3.63) is 32.2 Å². The second kappa shape index (κ2) is 6.70. The third-order valence-electron chi connectivity index (χ3n) is 0.921. The molecule has 0 radical (unpaired) electrons. The van der Waals surface area contributed by atoms with Gasteiger partial charge in [0.15, 0.2) is 0 Å². The van der Waals surface area contributed by atoms with Gasteiger partial charge >= 0.3 is 27.0 Å². The van der Waals surface area contributed by atoms with Gasteiger partial charge in [-0.1, -0.05) is 10.0 Å². The summed E-state index contributed by atoms with van der Waals surface area (Å²) in [5.41, 5.74) is 0. The first-order valence-electron chi connectivity index (χ1n) is 2.60. The molecule has 0 unspecified atom stereocenters. The molecule has 0 saturated carbocycles. The van der Waals surface area contributed by atoms with Crippen molar-refractivity contribution in [2.75, 3.05) is 0 Å².